The Morgan fingerprint density at radius 1 is 1.00 bits per heavy atom. The van der Waals surface area contributed by atoms with E-state index < -0.39 is 89.5 Å². The number of nitrogens with two attached hydrogens (primary N) is 1. The zero-order valence-corrected chi connectivity index (χ0v) is 31.2. The smallest absolute Gasteiger partial charge is 0.388 e. The fraction of sp³-hybridized carbons (Fsp3) is 0.483. The fourth-order valence-electron chi connectivity index (χ4n) is 5.86. The maximum Gasteiger partial charge on any atom is 0.481 e. The monoisotopic (exact) mass is 828 g/mol. The van der Waals surface area contributed by atoms with E-state index in [4.69, 9.17) is 15.0 Å². The van der Waals surface area contributed by atoms with Crippen molar-refractivity contribution in [3.63, 3.8) is 0 Å². The minimum absolute atomic E-state index is 0.196. The van der Waals surface area contributed by atoms with Gasteiger partial charge in [-0.25, -0.2) is 33.9 Å². The van der Waals surface area contributed by atoms with Crippen molar-refractivity contribution in [2.45, 2.75) is 63.2 Å². The van der Waals surface area contributed by atoms with Gasteiger partial charge in [0.15, 0.2) is 34.7 Å². The molecule has 0 amide bonds. The second-order valence-electron chi connectivity index (χ2n) is 12.7. The first kappa shape index (κ1) is 41.5. The highest BCUT2D eigenvalue weighted by molar-refractivity contribution is 7.61. The molecule has 5 heterocycles. The molecule has 3 aromatic rings. The molecule has 6 rings (SSSR count). The minimum atomic E-state index is -5.55. The topological polar surface area (TPSA) is 375 Å². The van der Waals surface area contributed by atoms with Crippen LogP contribution >= 0.6 is 15.6 Å². The molecule has 1 aromatic carbocycles. The number of aliphatic hydroxyl groups excluding tert-OH is 5. The molecule has 304 valence electrons. The molecule has 0 saturated carbocycles. The molecule has 11 N–H and O–H groups in total. The van der Waals surface area contributed by atoms with E-state index in [-0.39, 0.29) is 22.7 Å². The van der Waals surface area contributed by atoms with E-state index in [2.05, 4.69) is 39.1 Å². The molecule has 0 spiro atoms. The number of rotatable bonds is 16. The highest BCUT2D eigenvalue weighted by Crippen LogP contribution is 2.60. The molecule has 0 aliphatic carbocycles. The summed E-state index contributed by atoms with van der Waals surface area (Å²) in [5, 5.41) is 56.4. The van der Waals surface area contributed by atoms with Crippen LogP contribution in [0.3, 0.4) is 0 Å². The Kier molecular flexibility index (Phi) is 12.1. The van der Waals surface area contributed by atoms with Gasteiger partial charge in [0, 0.05) is 13.1 Å². The molecule has 1 fully saturated rings. The molecular weight excluding hydrogens is 790 g/mol. The number of anilines is 1. The molecule has 0 radical (unpaired) electrons. The van der Waals surface area contributed by atoms with E-state index in [1.54, 1.807) is 26.0 Å². The summed E-state index contributed by atoms with van der Waals surface area (Å²) in [6, 6.07) is 3.30. The fourth-order valence-corrected chi connectivity index (χ4v) is 7.95. The van der Waals surface area contributed by atoms with Crippen LogP contribution in [-0.2, 0) is 33.8 Å². The molecule has 3 aliphatic heterocycles. The van der Waals surface area contributed by atoms with Gasteiger partial charge < -0.3 is 55.7 Å². The number of imidazole rings is 1. The SMILES string of the molecule is Cc1cc2nc3c(=O)[nH]c(=O)nc-3n(C[C@H](O)[C@H](O)[C@H](O)COP(=O)(O)OP(=O)(O)OC[C@H]3O[C@@H](n4cnc5c(NCCN)ncnc54)[C@H](O)[C@@H]3O)c2cc1C. The van der Waals surface area contributed by atoms with Gasteiger partial charge >= 0.3 is 21.3 Å². The Morgan fingerprint density at radius 3 is 2.45 bits per heavy atom. The lowest BCUT2D eigenvalue weighted by Crippen LogP contribution is -2.42. The third-order valence-corrected chi connectivity index (χ3v) is 11.4. The van der Waals surface area contributed by atoms with Crippen LogP contribution in [0.4, 0.5) is 5.82 Å². The van der Waals surface area contributed by atoms with E-state index in [0.29, 0.717) is 29.9 Å². The molecule has 0 bridgehead atoms. The maximum absolute atomic E-state index is 12.6. The van der Waals surface area contributed by atoms with Crippen molar-refractivity contribution < 1.29 is 62.5 Å². The Labute approximate surface area is 313 Å². The van der Waals surface area contributed by atoms with Crippen LogP contribution in [0.25, 0.3) is 33.7 Å². The Morgan fingerprint density at radius 2 is 1.71 bits per heavy atom. The van der Waals surface area contributed by atoms with Gasteiger partial charge in [-0.1, -0.05) is 0 Å². The summed E-state index contributed by atoms with van der Waals surface area (Å²) in [6.45, 7) is 1.47. The number of nitrogens with one attached hydrogen (secondary N) is 2. The number of H-pyrrole nitrogens is 1. The standard InChI is InChI=1S/C29H38N10O15P2/c1-12-5-14-15(6-13(12)2)38(26-20(35-14)27(45)37-29(46)36-26)7-16(40)21(42)17(41)8-51-55(47,48)54-56(49,50)52-9-18-22(43)23(44)28(53-18)39-11-34-19-24(31-4-3-30)32-10-33-25(19)39/h5-6,10-11,16-18,21-23,28,40-44H,3-4,7-9,30H2,1-2H3,(H,47,48)(H,49,50)(H,31,32,33)(H,37,45,46)/t16-,17+,18+,21-,22+,23+,28+/m0/s1. The number of hydrogen-bond acceptors (Lipinski definition) is 20. The minimum Gasteiger partial charge on any atom is -0.388 e. The number of ether oxygens (including phenoxy) is 1. The van der Waals surface area contributed by atoms with Gasteiger partial charge in [-0.05, 0) is 37.1 Å². The predicted molar refractivity (Wildman–Crippen MR) is 190 cm³/mol. The van der Waals surface area contributed by atoms with Crippen LogP contribution < -0.4 is 22.3 Å². The van der Waals surface area contributed by atoms with Crippen molar-refractivity contribution >= 4 is 43.7 Å². The van der Waals surface area contributed by atoms with Gasteiger partial charge in [-0.2, -0.15) is 9.29 Å². The number of aromatic amines is 1. The predicted octanol–water partition coefficient (Wildman–Crippen LogP) is -2.64. The lowest BCUT2D eigenvalue weighted by atomic mass is 10.1. The number of aryl methyl sites for hydroxylation is 2. The summed E-state index contributed by atoms with van der Waals surface area (Å²) < 4.78 is 47.0. The zero-order chi connectivity index (χ0) is 40.7. The van der Waals surface area contributed by atoms with Gasteiger partial charge in [0.25, 0.3) is 5.56 Å². The molecule has 9 atom stereocenters. The Hall–Kier alpha value is -4.17. The first-order valence-corrected chi connectivity index (χ1v) is 19.6. The second-order valence-corrected chi connectivity index (χ2v) is 15.8. The Bertz CT molecular complexity index is 2410. The number of phosphoric acid groups is 2. The summed E-state index contributed by atoms with van der Waals surface area (Å²) in [7, 11) is -11.0. The Balaban J connectivity index is 1.06. The molecule has 3 aliphatic rings. The largest absolute Gasteiger partial charge is 0.481 e. The van der Waals surface area contributed by atoms with Crippen molar-refractivity contribution in [1.82, 2.24) is 39.0 Å². The lowest BCUT2D eigenvalue weighted by Gasteiger charge is -2.26. The molecule has 25 nitrogen and oxygen atoms in total. The van der Waals surface area contributed by atoms with Gasteiger partial charge in [0.1, 0.15) is 43.0 Å². The maximum atomic E-state index is 12.6. The highest BCUT2D eigenvalue weighted by Gasteiger charge is 2.46. The molecule has 2 aromatic heterocycles. The molecule has 2 unspecified atom stereocenters. The van der Waals surface area contributed by atoms with Crippen molar-refractivity contribution in [1.29, 1.82) is 0 Å². The average Bonchev–Trinajstić information content (AvgIpc) is 3.69. The number of nitrogens with zero attached hydrogens (tertiary/aromatic N) is 7. The second kappa shape index (κ2) is 16.4. The average molecular weight is 829 g/mol. The van der Waals surface area contributed by atoms with Crippen LogP contribution in [0.2, 0.25) is 0 Å². The van der Waals surface area contributed by atoms with Crippen LogP contribution in [0, 0.1) is 13.8 Å². The van der Waals surface area contributed by atoms with Gasteiger partial charge in [0.05, 0.1) is 37.1 Å². The number of aromatic nitrogens is 8. The number of fused-ring (bicyclic) bond motifs is 3. The summed E-state index contributed by atoms with van der Waals surface area (Å²) in [5.74, 6) is 0.0982. The number of hydrogen-bond donors (Lipinski definition) is 10. The first-order valence-electron chi connectivity index (χ1n) is 16.6. The quantitative estimate of drug-likeness (QED) is 0.0359. The van der Waals surface area contributed by atoms with Gasteiger partial charge in [-0.3, -0.25) is 23.4 Å². The molecular formula is C29H38N10O15P2. The van der Waals surface area contributed by atoms with Crippen molar-refractivity contribution in [3.05, 3.63) is 56.8 Å². The lowest BCUT2D eigenvalue weighted by molar-refractivity contribution is -0.0794. The van der Waals surface area contributed by atoms with E-state index in [1.807, 2.05) is 4.98 Å². The van der Waals surface area contributed by atoms with E-state index in [1.165, 1.54) is 21.8 Å². The zero-order valence-electron chi connectivity index (χ0n) is 29.4. The van der Waals surface area contributed by atoms with Crippen LogP contribution in [0.15, 0.2) is 34.4 Å². The van der Waals surface area contributed by atoms with Crippen molar-refractivity contribution in [2.24, 2.45) is 5.73 Å². The summed E-state index contributed by atoms with van der Waals surface area (Å²) in [6.07, 6.45) is -9.80. The van der Waals surface area contributed by atoms with E-state index in [9.17, 15) is 54.0 Å². The normalized spacial score (nSPS) is 22.6. The van der Waals surface area contributed by atoms with E-state index in [0.717, 1.165) is 11.1 Å². The van der Waals surface area contributed by atoms with Crippen LogP contribution in [0.5, 0.6) is 0 Å². The summed E-state index contributed by atoms with van der Waals surface area (Å²) in [4.78, 5) is 67.4. The van der Waals surface area contributed by atoms with Crippen molar-refractivity contribution in [2.75, 3.05) is 31.6 Å². The van der Waals surface area contributed by atoms with E-state index >= 15 is 0 Å². The highest BCUT2D eigenvalue weighted by atomic mass is 31.3. The van der Waals surface area contributed by atoms with Crippen LogP contribution in [-0.4, -0.2) is 137 Å². The van der Waals surface area contributed by atoms with Crippen LogP contribution in [0.1, 0.15) is 17.4 Å². The third-order valence-electron chi connectivity index (χ3n) is 8.81. The van der Waals surface area contributed by atoms with Gasteiger partial charge in [0.2, 0.25) is 0 Å². The molecule has 56 heavy (non-hydrogen) atoms. The number of aliphatic hydroxyl groups is 5. The summed E-state index contributed by atoms with van der Waals surface area (Å²) >= 11 is 0. The van der Waals surface area contributed by atoms with Gasteiger partial charge in [-0.15, -0.1) is 0 Å². The molecule has 1 saturated heterocycles. The molecule has 27 heteroatoms. The number of phosphoric ester groups is 2. The summed E-state index contributed by atoms with van der Waals surface area (Å²) in [5.41, 5.74) is 6.05. The number of benzene rings is 1. The third kappa shape index (κ3) is 8.70. The first-order chi connectivity index (χ1) is 26.4. The van der Waals surface area contributed by atoms with Crippen molar-refractivity contribution in [3.8, 4) is 11.5 Å².